The maximum Gasteiger partial charge on any atom is 0.323 e. The van der Waals surface area contributed by atoms with Crippen molar-refractivity contribution in [1.82, 2.24) is 20.3 Å². The largest absolute Gasteiger partial charge is 0.323 e. The van der Waals surface area contributed by atoms with Crippen LogP contribution in [-0.2, 0) is 13.0 Å². The molecular formula is C15H18N4OS. The molecule has 2 heterocycles. The van der Waals surface area contributed by atoms with Gasteiger partial charge in [0.05, 0.1) is 16.0 Å². The summed E-state index contributed by atoms with van der Waals surface area (Å²) in [7, 11) is 0. The molecule has 0 aliphatic rings. The summed E-state index contributed by atoms with van der Waals surface area (Å²) in [6.07, 6.45) is 2.92. The average Bonchev–Trinajstić information content (AvgIpc) is 3.08. The van der Waals surface area contributed by atoms with Gasteiger partial charge in [0.2, 0.25) is 0 Å². The summed E-state index contributed by atoms with van der Waals surface area (Å²) < 4.78 is 0. The van der Waals surface area contributed by atoms with Crippen LogP contribution in [0.15, 0.2) is 29.2 Å². The van der Waals surface area contributed by atoms with Crippen LogP contribution in [0.4, 0.5) is 0 Å². The van der Waals surface area contributed by atoms with Crippen LogP contribution in [0.3, 0.4) is 0 Å². The number of hydrogen-bond acceptors (Lipinski definition) is 4. The molecule has 0 aliphatic heterocycles. The molecule has 0 radical (unpaired) electrons. The molecule has 6 heteroatoms. The third kappa shape index (κ3) is 3.06. The third-order valence-corrected chi connectivity index (χ3v) is 4.67. The Morgan fingerprint density at radius 2 is 2.14 bits per heavy atom. The Kier molecular flexibility index (Phi) is 3.90. The second-order valence-electron chi connectivity index (χ2n) is 5.06. The van der Waals surface area contributed by atoms with Crippen molar-refractivity contribution < 1.29 is 0 Å². The van der Waals surface area contributed by atoms with Crippen molar-refractivity contribution in [2.45, 2.75) is 32.9 Å². The molecule has 0 amide bonds. The molecule has 0 aliphatic carbocycles. The number of aryl methyl sites for hydroxylation is 1. The maximum absolute atomic E-state index is 11.3. The van der Waals surface area contributed by atoms with Crippen molar-refractivity contribution in [3.05, 3.63) is 50.3 Å². The lowest BCUT2D eigenvalue weighted by Crippen LogP contribution is -2.17. The highest BCUT2D eigenvalue weighted by Crippen LogP contribution is 2.19. The van der Waals surface area contributed by atoms with E-state index in [4.69, 9.17) is 0 Å². The van der Waals surface area contributed by atoms with Gasteiger partial charge >= 0.3 is 5.69 Å². The zero-order valence-electron chi connectivity index (χ0n) is 12.1. The zero-order chi connectivity index (χ0) is 14.8. The maximum atomic E-state index is 11.3. The number of benzene rings is 1. The number of aromatic nitrogens is 3. The molecule has 0 saturated carbocycles. The SMILES string of the molecule is CCc1ncc(CNC(C)c2ccc3[nH]c(=O)[nH]c3c2)s1. The molecule has 3 aromatic rings. The Labute approximate surface area is 126 Å². The fraction of sp³-hybridized carbons (Fsp3) is 0.333. The molecule has 3 N–H and O–H groups in total. The molecule has 21 heavy (non-hydrogen) atoms. The lowest BCUT2D eigenvalue weighted by molar-refractivity contribution is 0.579. The van der Waals surface area contributed by atoms with Crippen molar-refractivity contribution in [1.29, 1.82) is 0 Å². The molecule has 1 atom stereocenters. The van der Waals surface area contributed by atoms with Crippen LogP contribution in [0.25, 0.3) is 11.0 Å². The van der Waals surface area contributed by atoms with E-state index < -0.39 is 0 Å². The quantitative estimate of drug-likeness (QED) is 0.678. The third-order valence-electron chi connectivity index (χ3n) is 3.53. The Hall–Kier alpha value is -1.92. The van der Waals surface area contributed by atoms with Crippen molar-refractivity contribution >= 4 is 22.4 Å². The van der Waals surface area contributed by atoms with Gasteiger partial charge in [0.15, 0.2) is 0 Å². The smallest absolute Gasteiger partial charge is 0.306 e. The van der Waals surface area contributed by atoms with Gasteiger partial charge in [-0.3, -0.25) is 0 Å². The normalized spacial score (nSPS) is 12.9. The van der Waals surface area contributed by atoms with Crippen molar-refractivity contribution in [2.24, 2.45) is 0 Å². The molecule has 0 bridgehead atoms. The summed E-state index contributed by atoms with van der Waals surface area (Å²) >= 11 is 1.75. The molecule has 3 rings (SSSR count). The van der Waals surface area contributed by atoms with Crippen LogP contribution in [0.1, 0.15) is 35.3 Å². The first-order chi connectivity index (χ1) is 10.2. The summed E-state index contributed by atoms with van der Waals surface area (Å²) in [4.78, 5) is 22.4. The molecule has 5 nitrogen and oxygen atoms in total. The highest BCUT2D eigenvalue weighted by atomic mass is 32.1. The summed E-state index contributed by atoms with van der Waals surface area (Å²) in [5.41, 5.74) is 2.67. The molecule has 1 aromatic carbocycles. The number of thiazole rings is 1. The van der Waals surface area contributed by atoms with Crippen LogP contribution in [0.5, 0.6) is 0 Å². The molecular weight excluding hydrogens is 284 g/mol. The highest BCUT2D eigenvalue weighted by molar-refractivity contribution is 7.11. The number of rotatable bonds is 5. The van der Waals surface area contributed by atoms with Crippen LogP contribution in [0.2, 0.25) is 0 Å². The minimum atomic E-state index is -0.167. The number of nitrogens with zero attached hydrogens (tertiary/aromatic N) is 1. The number of hydrogen-bond donors (Lipinski definition) is 3. The van der Waals surface area contributed by atoms with Crippen molar-refractivity contribution in [3.63, 3.8) is 0 Å². The van der Waals surface area contributed by atoms with Crippen LogP contribution in [-0.4, -0.2) is 15.0 Å². The van der Waals surface area contributed by atoms with Gasteiger partial charge in [0.1, 0.15) is 0 Å². The van der Waals surface area contributed by atoms with Crippen LogP contribution >= 0.6 is 11.3 Å². The molecule has 1 unspecified atom stereocenters. The second-order valence-corrected chi connectivity index (χ2v) is 6.26. The minimum absolute atomic E-state index is 0.167. The number of fused-ring (bicyclic) bond motifs is 1. The molecule has 0 saturated heterocycles. The summed E-state index contributed by atoms with van der Waals surface area (Å²) in [5.74, 6) is 0. The Bertz CT molecular complexity index is 801. The van der Waals surface area contributed by atoms with E-state index in [1.165, 1.54) is 9.88 Å². The van der Waals surface area contributed by atoms with E-state index in [0.29, 0.717) is 0 Å². The van der Waals surface area contributed by atoms with E-state index in [-0.39, 0.29) is 11.7 Å². The predicted octanol–water partition coefficient (Wildman–Crippen LogP) is 2.73. The Morgan fingerprint density at radius 1 is 1.33 bits per heavy atom. The van der Waals surface area contributed by atoms with E-state index in [2.05, 4.69) is 34.1 Å². The fourth-order valence-corrected chi connectivity index (χ4v) is 3.10. The van der Waals surface area contributed by atoms with Crippen LogP contribution < -0.4 is 11.0 Å². The number of imidazole rings is 1. The van der Waals surface area contributed by atoms with E-state index >= 15 is 0 Å². The average molecular weight is 302 g/mol. The van der Waals surface area contributed by atoms with Gasteiger partial charge in [-0.15, -0.1) is 11.3 Å². The first-order valence-electron chi connectivity index (χ1n) is 7.04. The number of H-pyrrole nitrogens is 2. The molecule has 0 spiro atoms. The van der Waals surface area contributed by atoms with E-state index in [1.54, 1.807) is 11.3 Å². The first kappa shape index (κ1) is 14.0. The lowest BCUT2D eigenvalue weighted by atomic mass is 10.1. The summed E-state index contributed by atoms with van der Waals surface area (Å²) in [6.45, 7) is 5.04. The molecule has 110 valence electrons. The molecule has 2 aromatic heterocycles. The second kappa shape index (κ2) is 5.83. The van der Waals surface area contributed by atoms with Gasteiger partial charge in [-0.25, -0.2) is 9.78 Å². The standard InChI is InChI=1S/C15H18N4OS/c1-3-14-17-8-11(21-14)7-16-9(2)10-4-5-12-13(6-10)19-15(20)18-12/h4-6,8-9,16H,3,7H2,1-2H3,(H2,18,19,20). The van der Waals surface area contributed by atoms with E-state index in [0.717, 1.165) is 29.6 Å². The summed E-state index contributed by atoms with van der Waals surface area (Å²) in [5, 5.41) is 4.66. The van der Waals surface area contributed by atoms with Gasteiger partial charge in [-0.1, -0.05) is 13.0 Å². The van der Waals surface area contributed by atoms with Gasteiger partial charge in [0.25, 0.3) is 0 Å². The van der Waals surface area contributed by atoms with Crippen molar-refractivity contribution in [2.75, 3.05) is 0 Å². The monoisotopic (exact) mass is 302 g/mol. The first-order valence-corrected chi connectivity index (χ1v) is 7.86. The van der Waals surface area contributed by atoms with Crippen molar-refractivity contribution in [3.8, 4) is 0 Å². The van der Waals surface area contributed by atoms with Gasteiger partial charge in [-0.05, 0) is 31.0 Å². The zero-order valence-corrected chi connectivity index (χ0v) is 12.9. The topological polar surface area (TPSA) is 73.6 Å². The lowest BCUT2D eigenvalue weighted by Gasteiger charge is -2.13. The number of nitrogens with one attached hydrogen (secondary N) is 3. The Balaban J connectivity index is 1.70. The van der Waals surface area contributed by atoms with E-state index in [9.17, 15) is 4.79 Å². The minimum Gasteiger partial charge on any atom is -0.306 e. The number of aromatic amines is 2. The van der Waals surface area contributed by atoms with Gasteiger partial charge < -0.3 is 15.3 Å². The molecule has 0 fully saturated rings. The Morgan fingerprint density at radius 3 is 2.90 bits per heavy atom. The van der Waals surface area contributed by atoms with E-state index in [1.807, 2.05) is 24.4 Å². The van der Waals surface area contributed by atoms with Crippen LogP contribution in [0, 0.1) is 0 Å². The van der Waals surface area contributed by atoms with Gasteiger partial charge in [0, 0.05) is 23.7 Å². The fourth-order valence-electron chi connectivity index (χ4n) is 2.28. The predicted molar refractivity (Wildman–Crippen MR) is 85.7 cm³/mol. The highest BCUT2D eigenvalue weighted by Gasteiger charge is 2.08. The van der Waals surface area contributed by atoms with Gasteiger partial charge in [-0.2, -0.15) is 0 Å². The summed E-state index contributed by atoms with van der Waals surface area (Å²) in [6, 6.07) is 6.19.